The van der Waals surface area contributed by atoms with Crippen LogP contribution in [0.25, 0.3) is 0 Å². The third-order valence-electron chi connectivity index (χ3n) is 1.82. The number of aliphatic hydroxyl groups is 4. The SMILES string of the molecule is OC[C@@H]1OC(O)[C@H](O)[C@H](O)[C@@H]1F. The van der Waals surface area contributed by atoms with Gasteiger partial charge < -0.3 is 25.2 Å². The van der Waals surface area contributed by atoms with E-state index in [-0.39, 0.29) is 0 Å². The molecule has 1 saturated heterocycles. The zero-order valence-electron chi connectivity index (χ0n) is 6.17. The van der Waals surface area contributed by atoms with Crippen LogP contribution in [0.3, 0.4) is 0 Å². The first-order chi connectivity index (χ1) is 5.57. The molecule has 0 amide bonds. The molecule has 0 saturated carbocycles. The maximum Gasteiger partial charge on any atom is 0.184 e. The van der Waals surface area contributed by atoms with Crippen LogP contribution in [0.5, 0.6) is 0 Å². The van der Waals surface area contributed by atoms with Gasteiger partial charge in [0.15, 0.2) is 12.5 Å². The Hall–Kier alpha value is -0.270. The Morgan fingerprint density at radius 1 is 1.17 bits per heavy atom. The summed E-state index contributed by atoms with van der Waals surface area (Å²) in [6.07, 6.45) is -8.19. The highest BCUT2D eigenvalue weighted by Gasteiger charge is 2.43. The number of alkyl halides is 1. The van der Waals surface area contributed by atoms with Crippen LogP contribution in [0.15, 0.2) is 0 Å². The molecule has 0 bridgehead atoms. The molecule has 0 aromatic heterocycles. The largest absolute Gasteiger partial charge is 0.394 e. The molecule has 0 radical (unpaired) electrons. The van der Waals surface area contributed by atoms with Crippen molar-refractivity contribution in [1.82, 2.24) is 0 Å². The van der Waals surface area contributed by atoms with Crippen LogP contribution in [0.2, 0.25) is 0 Å². The Balaban J connectivity index is 2.63. The number of rotatable bonds is 1. The Kier molecular flexibility index (Phi) is 2.97. The minimum atomic E-state index is -1.88. The molecular weight excluding hydrogens is 171 g/mol. The second-order valence-corrected chi connectivity index (χ2v) is 2.67. The highest BCUT2D eigenvalue weighted by molar-refractivity contribution is 4.88. The molecule has 0 spiro atoms. The van der Waals surface area contributed by atoms with E-state index in [2.05, 4.69) is 4.74 Å². The normalized spacial score (nSPS) is 49.2. The van der Waals surface area contributed by atoms with Crippen molar-refractivity contribution >= 4 is 0 Å². The average molecular weight is 182 g/mol. The van der Waals surface area contributed by atoms with Gasteiger partial charge in [-0.1, -0.05) is 0 Å². The lowest BCUT2D eigenvalue weighted by Crippen LogP contribution is -2.56. The molecule has 1 aliphatic rings. The second-order valence-electron chi connectivity index (χ2n) is 2.67. The first-order valence-corrected chi connectivity index (χ1v) is 3.52. The molecule has 5 nitrogen and oxygen atoms in total. The van der Waals surface area contributed by atoms with Gasteiger partial charge in [-0.15, -0.1) is 0 Å². The smallest absolute Gasteiger partial charge is 0.184 e. The monoisotopic (exact) mass is 182 g/mol. The Morgan fingerprint density at radius 2 is 1.75 bits per heavy atom. The summed E-state index contributed by atoms with van der Waals surface area (Å²) >= 11 is 0. The molecule has 0 aromatic carbocycles. The van der Waals surface area contributed by atoms with Crippen LogP contribution >= 0.6 is 0 Å². The van der Waals surface area contributed by atoms with Crippen LogP contribution < -0.4 is 0 Å². The van der Waals surface area contributed by atoms with Gasteiger partial charge in [0, 0.05) is 0 Å². The lowest BCUT2D eigenvalue weighted by atomic mass is 10.0. The van der Waals surface area contributed by atoms with Crippen molar-refractivity contribution in [2.45, 2.75) is 30.8 Å². The molecule has 12 heavy (non-hydrogen) atoms. The lowest BCUT2D eigenvalue weighted by molar-refractivity contribution is -0.274. The van der Waals surface area contributed by atoms with Gasteiger partial charge in [0.2, 0.25) is 0 Å². The fraction of sp³-hybridized carbons (Fsp3) is 1.00. The summed E-state index contributed by atoms with van der Waals surface area (Å²) in [5.41, 5.74) is 0. The Bertz CT molecular complexity index is 150. The van der Waals surface area contributed by atoms with Gasteiger partial charge in [0.05, 0.1) is 6.61 Å². The summed E-state index contributed by atoms with van der Waals surface area (Å²) in [6.45, 7) is -0.651. The number of halogens is 1. The number of ether oxygens (including phenoxy) is 1. The number of aliphatic hydroxyl groups excluding tert-OH is 4. The van der Waals surface area contributed by atoms with E-state index in [9.17, 15) is 4.39 Å². The summed E-state index contributed by atoms with van der Waals surface area (Å²) in [6, 6.07) is 0. The van der Waals surface area contributed by atoms with Gasteiger partial charge in [-0.2, -0.15) is 0 Å². The van der Waals surface area contributed by atoms with E-state index >= 15 is 0 Å². The summed E-state index contributed by atoms with van der Waals surface area (Å²) < 4.78 is 17.3. The van der Waals surface area contributed by atoms with E-state index in [0.717, 1.165) is 0 Å². The molecule has 5 atom stereocenters. The van der Waals surface area contributed by atoms with Crippen LogP contribution in [-0.2, 0) is 4.74 Å². The van der Waals surface area contributed by atoms with Crippen molar-refractivity contribution in [1.29, 1.82) is 0 Å². The molecule has 6 heteroatoms. The van der Waals surface area contributed by atoms with Gasteiger partial charge in [0.25, 0.3) is 0 Å². The number of hydrogen-bond donors (Lipinski definition) is 4. The van der Waals surface area contributed by atoms with Crippen LogP contribution in [0.1, 0.15) is 0 Å². The summed E-state index contributed by atoms with van der Waals surface area (Å²) in [5.74, 6) is 0. The molecular formula is C6H11FO5. The van der Waals surface area contributed by atoms with Crippen molar-refractivity contribution < 1.29 is 29.6 Å². The maximum absolute atomic E-state index is 12.9. The Morgan fingerprint density at radius 3 is 2.25 bits per heavy atom. The lowest BCUT2D eigenvalue weighted by Gasteiger charge is -2.36. The first-order valence-electron chi connectivity index (χ1n) is 3.52. The molecule has 1 aliphatic heterocycles. The molecule has 1 rings (SSSR count). The predicted molar refractivity (Wildman–Crippen MR) is 34.9 cm³/mol. The quantitative estimate of drug-likeness (QED) is 0.368. The van der Waals surface area contributed by atoms with Crippen LogP contribution in [-0.4, -0.2) is 57.8 Å². The van der Waals surface area contributed by atoms with E-state index in [1.807, 2.05) is 0 Å². The van der Waals surface area contributed by atoms with Crippen molar-refractivity contribution in [3.63, 3.8) is 0 Å². The zero-order valence-corrected chi connectivity index (χ0v) is 6.17. The average Bonchev–Trinajstić information content (AvgIpc) is 2.08. The summed E-state index contributed by atoms with van der Waals surface area (Å²) in [4.78, 5) is 0. The fourth-order valence-electron chi connectivity index (χ4n) is 1.06. The molecule has 1 heterocycles. The van der Waals surface area contributed by atoms with Crippen molar-refractivity contribution in [2.75, 3.05) is 6.61 Å². The van der Waals surface area contributed by atoms with Crippen molar-refractivity contribution in [3.05, 3.63) is 0 Å². The molecule has 1 unspecified atom stereocenters. The van der Waals surface area contributed by atoms with Gasteiger partial charge in [-0.3, -0.25) is 0 Å². The molecule has 4 N–H and O–H groups in total. The predicted octanol–water partition coefficient (Wildman–Crippen LogP) is -2.24. The van der Waals surface area contributed by atoms with Gasteiger partial charge in [-0.05, 0) is 0 Å². The fourth-order valence-corrected chi connectivity index (χ4v) is 1.06. The molecule has 72 valence electrons. The highest BCUT2D eigenvalue weighted by Crippen LogP contribution is 2.21. The van der Waals surface area contributed by atoms with E-state index in [1.54, 1.807) is 0 Å². The van der Waals surface area contributed by atoms with E-state index in [0.29, 0.717) is 0 Å². The minimum absolute atomic E-state index is 0.651. The number of hydrogen-bond acceptors (Lipinski definition) is 5. The summed E-state index contributed by atoms with van der Waals surface area (Å²) in [7, 11) is 0. The first kappa shape index (κ1) is 9.82. The van der Waals surface area contributed by atoms with Crippen LogP contribution in [0, 0.1) is 0 Å². The third kappa shape index (κ3) is 1.57. The van der Waals surface area contributed by atoms with Gasteiger partial charge in [-0.25, -0.2) is 4.39 Å². The highest BCUT2D eigenvalue weighted by atomic mass is 19.1. The van der Waals surface area contributed by atoms with E-state index in [1.165, 1.54) is 0 Å². The standard InChI is InChI=1S/C6H11FO5/c7-3-2(1-8)12-6(11)5(10)4(3)9/h2-6,8-11H,1H2/t2-,3+,4+,5+,6?/m0/s1. The third-order valence-corrected chi connectivity index (χ3v) is 1.82. The van der Waals surface area contributed by atoms with Crippen LogP contribution in [0.4, 0.5) is 4.39 Å². The zero-order chi connectivity index (χ0) is 9.30. The van der Waals surface area contributed by atoms with Crippen molar-refractivity contribution in [3.8, 4) is 0 Å². The molecule has 1 fully saturated rings. The second kappa shape index (κ2) is 3.63. The van der Waals surface area contributed by atoms with Gasteiger partial charge >= 0.3 is 0 Å². The molecule has 0 aromatic rings. The summed E-state index contributed by atoms with van der Waals surface area (Å²) in [5, 5.41) is 35.2. The topological polar surface area (TPSA) is 90.2 Å². The van der Waals surface area contributed by atoms with E-state index < -0.39 is 37.4 Å². The van der Waals surface area contributed by atoms with Crippen molar-refractivity contribution in [2.24, 2.45) is 0 Å². The minimum Gasteiger partial charge on any atom is -0.394 e. The Labute approximate surface area is 68.0 Å². The maximum atomic E-state index is 12.9. The van der Waals surface area contributed by atoms with E-state index in [4.69, 9.17) is 20.4 Å². The van der Waals surface area contributed by atoms with Gasteiger partial charge in [0.1, 0.15) is 18.3 Å². The molecule has 0 aliphatic carbocycles.